The molecule has 3 aromatic heterocycles. The number of piperidine rings is 1. The molecule has 5 aromatic rings. The summed E-state index contributed by atoms with van der Waals surface area (Å²) < 4.78 is 52.0. The lowest BCUT2D eigenvalue weighted by Crippen LogP contribution is -2.46. The lowest BCUT2D eigenvalue weighted by Gasteiger charge is -2.43. The van der Waals surface area contributed by atoms with E-state index in [-0.39, 0.29) is 34.5 Å². The van der Waals surface area contributed by atoms with Crippen molar-refractivity contribution >= 4 is 28.6 Å². The molecule has 50 heavy (non-hydrogen) atoms. The number of nitrogens with zero attached hydrogens (tertiary/aromatic N) is 7. The number of nitrogens with one attached hydrogen (secondary N) is 1. The second-order valence-electron chi connectivity index (χ2n) is 13.0. The third-order valence-corrected chi connectivity index (χ3v) is 9.91. The van der Waals surface area contributed by atoms with Crippen LogP contribution in [0, 0.1) is 12.3 Å². The van der Waals surface area contributed by atoms with E-state index in [0.717, 1.165) is 17.4 Å². The number of ether oxygens (including phenoxy) is 1. The zero-order chi connectivity index (χ0) is 35.2. The predicted molar refractivity (Wildman–Crippen MR) is 180 cm³/mol. The summed E-state index contributed by atoms with van der Waals surface area (Å²) in [5.41, 5.74) is 8.64. The molecular weight excluding hydrogens is 651 g/mol. The molecule has 2 saturated heterocycles. The number of anilines is 2. The fourth-order valence-corrected chi connectivity index (χ4v) is 7.41. The van der Waals surface area contributed by atoms with Crippen LogP contribution >= 0.6 is 0 Å². The van der Waals surface area contributed by atoms with Crippen molar-refractivity contribution in [2.75, 3.05) is 23.7 Å². The molecule has 12 nitrogen and oxygen atoms in total. The van der Waals surface area contributed by atoms with Gasteiger partial charge in [0.05, 0.1) is 23.1 Å². The van der Waals surface area contributed by atoms with Crippen LogP contribution in [0.1, 0.15) is 50.0 Å². The van der Waals surface area contributed by atoms with E-state index in [0.29, 0.717) is 54.9 Å². The number of fused-ring (bicyclic) bond motifs is 1. The van der Waals surface area contributed by atoms with Crippen LogP contribution in [0.25, 0.3) is 27.7 Å². The van der Waals surface area contributed by atoms with E-state index in [2.05, 4.69) is 30.6 Å². The van der Waals surface area contributed by atoms with E-state index >= 15 is 0 Å². The van der Waals surface area contributed by atoms with Crippen LogP contribution in [0.15, 0.2) is 67.0 Å². The molecule has 2 aliphatic rings. The molecule has 5 heterocycles. The molecule has 2 aliphatic heterocycles. The first-order valence-electron chi connectivity index (χ1n) is 16.4. The lowest BCUT2D eigenvalue weighted by molar-refractivity contribution is -0.198. The summed E-state index contributed by atoms with van der Waals surface area (Å²) in [7, 11) is 0. The Balaban J connectivity index is 1.20. The largest absolute Gasteiger partial charge is 0.480 e. The minimum atomic E-state index is -4.84. The Bertz CT molecular complexity index is 2050. The number of nitrogen functional groups attached to an aromatic ring is 1. The third kappa shape index (κ3) is 6.40. The van der Waals surface area contributed by atoms with Gasteiger partial charge in [-0.05, 0) is 79.5 Å². The SMILES string of the molecule is CCC1NC(C(=O)O)CC12CCN(c1cc(O[C@H](c3ccc(-c4ccc5nnccc5c4)cc3-n3ccc(C)n3)C(F)(F)F)nc(N)n1)CC2. The molecule has 4 N–H and O–H groups in total. The van der Waals surface area contributed by atoms with Crippen LogP contribution < -0.4 is 20.7 Å². The Morgan fingerprint density at radius 1 is 1.10 bits per heavy atom. The average molecular weight is 688 g/mol. The number of aliphatic carboxylic acids is 1. The van der Waals surface area contributed by atoms with E-state index in [1.807, 2.05) is 36.1 Å². The minimum absolute atomic E-state index is 0.0577. The van der Waals surface area contributed by atoms with E-state index in [4.69, 9.17) is 10.5 Å². The molecule has 0 radical (unpaired) electrons. The van der Waals surface area contributed by atoms with Crippen molar-refractivity contribution in [3.8, 4) is 22.7 Å². The highest BCUT2D eigenvalue weighted by Gasteiger charge is 2.50. The van der Waals surface area contributed by atoms with E-state index in [1.54, 1.807) is 37.5 Å². The van der Waals surface area contributed by atoms with E-state index in [9.17, 15) is 23.1 Å². The van der Waals surface area contributed by atoms with Gasteiger partial charge < -0.3 is 25.8 Å². The lowest BCUT2D eigenvalue weighted by atomic mass is 9.71. The summed E-state index contributed by atoms with van der Waals surface area (Å²) in [6.07, 6.45) is -1.38. The number of aryl methyl sites for hydroxylation is 1. The highest BCUT2D eigenvalue weighted by Crippen LogP contribution is 2.46. The summed E-state index contributed by atoms with van der Waals surface area (Å²) in [5, 5.41) is 26.2. The molecule has 0 aliphatic carbocycles. The molecule has 2 fully saturated rings. The van der Waals surface area contributed by atoms with Gasteiger partial charge in [-0.2, -0.15) is 38.4 Å². The number of halogens is 3. The van der Waals surface area contributed by atoms with Crippen LogP contribution in [0.4, 0.5) is 24.9 Å². The third-order valence-electron chi connectivity index (χ3n) is 9.91. The molecule has 260 valence electrons. The summed E-state index contributed by atoms with van der Waals surface area (Å²) in [5.74, 6) is -1.07. The second-order valence-corrected chi connectivity index (χ2v) is 13.0. The quantitative estimate of drug-likeness (QED) is 0.185. The van der Waals surface area contributed by atoms with Crippen molar-refractivity contribution in [1.29, 1.82) is 0 Å². The average Bonchev–Trinajstić information content (AvgIpc) is 3.69. The topological polar surface area (TPSA) is 157 Å². The number of carbonyl (C=O) groups is 1. The molecule has 0 bridgehead atoms. The van der Waals surface area contributed by atoms with Gasteiger partial charge in [0, 0.05) is 42.3 Å². The number of nitrogens with two attached hydrogens (primary N) is 1. The summed E-state index contributed by atoms with van der Waals surface area (Å²) in [6.45, 7) is 4.84. The van der Waals surface area contributed by atoms with Gasteiger partial charge >= 0.3 is 12.1 Å². The maximum Gasteiger partial charge on any atom is 0.429 e. The Morgan fingerprint density at radius 3 is 2.56 bits per heavy atom. The number of carboxylic acid groups (broad SMARTS) is 1. The number of hydrogen-bond donors (Lipinski definition) is 3. The number of aromatic nitrogens is 6. The molecule has 7 rings (SSSR count). The smallest absolute Gasteiger partial charge is 0.429 e. The molecule has 2 unspecified atom stereocenters. The zero-order valence-electron chi connectivity index (χ0n) is 27.4. The minimum Gasteiger partial charge on any atom is -0.480 e. The number of rotatable bonds is 8. The second kappa shape index (κ2) is 12.9. The molecule has 0 saturated carbocycles. The van der Waals surface area contributed by atoms with E-state index < -0.39 is 24.3 Å². The van der Waals surface area contributed by atoms with Gasteiger partial charge in [-0.25, -0.2) is 4.68 Å². The van der Waals surface area contributed by atoms with Crippen molar-refractivity contribution in [2.45, 2.75) is 63.9 Å². The number of benzene rings is 2. The van der Waals surface area contributed by atoms with Gasteiger partial charge in [0.25, 0.3) is 0 Å². The van der Waals surface area contributed by atoms with Crippen molar-refractivity contribution in [3.05, 3.63) is 78.2 Å². The predicted octanol–water partition coefficient (Wildman–Crippen LogP) is 5.66. The fourth-order valence-electron chi connectivity index (χ4n) is 7.41. The Morgan fingerprint density at radius 2 is 1.86 bits per heavy atom. The maximum atomic E-state index is 15.0. The Labute approximate surface area is 285 Å². The molecule has 1 spiro atoms. The van der Waals surface area contributed by atoms with Crippen LogP contribution in [-0.4, -0.2) is 72.4 Å². The Hall–Kier alpha value is -5.31. The molecular formula is C35H36F3N9O3. The van der Waals surface area contributed by atoms with Crippen molar-refractivity contribution in [2.24, 2.45) is 5.41 Å². The zero-order valence-corrected chi connectivity index (χ0v) is 27.4. The number of hydrogen-bond acceptors (Lipinski definition) is 10. The van der Waals surface area contributed by atoms with Crippen LogP contribution in [0.3, 0.4) is 0 Å². The van der Waals surface area contributed by atoms with Gasteiger partial charge in [-0.1, -0.05) is 25.1 Å². The maximum absolute atomic E-state index is 15.0. The van der Waals surface area contributed by atoms with Crippen LogP contribution in [0.2, 0.25) is 0 Å². The highest BCUT2D eigenvalue weighted by molar-refractivity contribution is 5.84. The first-order chi connectivity index (χ1) is 23.9. The fraction of sp³-hybridized carbons (Fsp3) is 0.371. The van der Waals surface area contributed by atoms with Crippen molar-refractivity contribution < 1.29 is 27.8 Å². The number of alkyl halides is 3. The molecule has 3 atom stereocenters. The standard InChI is InChI=1S/C35H36F3N9O3/c1-3-28-34(19-26(41-28)32(48)49)10-14-46(15-11-34)29-18-30(43-33(39)42-29)50-31(35(36,37)38)24-6-4-22(17-27(24)47-13-9-20(2)45-47)21-5-7-25-23(16-21)8-12-40-44-25/h4-9,12-13,16-18,26,28,31,41H,3,10-11,14-15,19H2,1-2H3,(H,48,49)(H2,39,42,43)/t26?,28?,31-/m1/s1. The van der Waals surface area contributed by atoms with Gasteiger partial charge in [-0.15, -0.1) is 0 Å². The summed E-state index contributed by atoms with van der Waals surface area (Å²) in [4.78, 5) is 22.0. The number of carboxylic acids is 1. The van der Waals surface area contributed by atoms with Crippen LogP contribution in [0.5, 0.6) is 5.88 Å². The van der Waals surface area contributed by atoms with Gasteiger partial charge in [0.2, 0.25) is 17.9 Å². The van der Waals surface area contributed by atoms with Gasteiger partial charge in [0.1, 0.15) is 11.9 Å². The first-order valence-corrected chi connectivity index (χ1v) is 16.4. The molecule has 2 aromatic carbocycles. The first kappa shape index (κ1) is 33.2. The van der Waals surface area contributed by atoms with Crippen LogP contribution in [-0.2, 0) is 4.79 Å². The van der Waals surface area contributed by atoms with Crippen molar-refractivity contribution in [3.63, 3.8) is 0 Å². The normalized spacial score (nSPS) is 19.6. The van der Waals surface area contributed by atoms with Crippen molar-refractivity contribution in [1.82, 2.24) is 35.3 Å². The van der Waals surface area contributed by atoms with E-state index in [1.165, 1.54) is 16.8 Å². The summed E-state index contributed by atoms with van der Waals surface area (Å²) in [6, 6.07) is 14.6. The van der Waals surface area contributed by atoms with Gasteiger partial charge in [0.15, 0.2) is 0 Å². The monoisotopic (exact) mass is 687 g/mol. The van der Waals surface area contributed by atoms with Gasteiger partial charge in [-0.3, -0.25) is 4.79 Å². The molecule has 15 heteroatoms. The molecule has 0 amide bonds. The summed E-state index contributed by atoms with van der Waals surface area (Å²) >= 11 is 0. The Kier molecular flexibility index (Phi) is 8.54. The highest BCUT2D eigenvalue weighted by atomic mass is 19.4.